The number of anilines is 2. The maximum absolute atomic E-state index is 11.0. The molecule has 2 aromatic heterocycles. The molecular weight excluding hydrogens is 396 g/mol. The number of likely N-dealkylation sites (tertiary alicyclic amines) is 1. The van der Waals surface area contributed by atoms with Crippen molar-refractivity contribution in [3.8, 4) is 11.5 Å². The van der Waals surface area contributed by atoms with Gasteiger partial charge in [-0.15, -0.1) is 11.8 Å². The van der Waals surface area contributed by atoms with Crippen LogP contribution in [-0.4, -0.2) is 69.8 Å². The molecule has 29 heavy (non-hydrogen) atoms. The number of carbonyl (C=O) groups is 1. The number of aliphatic hydroxyl groups excluding tert-OH is 1. The van der Waals surface area contributed by atoms with Crippen LogP contribution in [0.4, 0.5) is 16.3 Å². The molecule has 0 aliphatic carbocycles. The molecule has 1 aliphatic rings. The minimum atomic E-state index is -0.897. The van der Waals surface area contributed by atoms with E-state index in [0.717, 1.165) is 10.7 Å². The van der Waals surface area contributed by atoms with E-state index in [1.54, 1.807) is 25.6 Å². The first-order valence-electron chi connectivity index (χ1n) is 9.25. The molecule has 1 saturated heterocycles. The Kier molecular flexibility index (Phi) is 7.36. The molecule has 0 spiro atoms. The summed E-state index contributed by atoms with van der Waals surface area (Å²) in [6.45, 7) is 1.01. The lowest BCUT2D eigenvalue weighted by atomic mass is 10.1. The van der Waals surface area contributed by atoms with Gasteiger partial charge in [0.1, 0.15) is 6.10 Å². The summed E-state index contributed by atoms with van der Waals surface area (Å²) in [5, 5.41) is 22.0. The van der Waals surface area contributed by atoms with Gasteiger partial charge in [0.25, 0.3) is 0 Å². The quantitative estimate of drug-likeness (QED) is 0.554. The molecule has 0 unspecified atom stereocenters. The molecule has 0 aromatic carbocycles. The lowest BCUT2D eigenvalue weighted by Gasteiger charge is -2.30. The fraction of sp³-hybridized carbons (Fsp3) is 0.421. The predicted octanol–water partition coefficient (Wildman–Crippen LogP) is 2.83. The van der Waals surface area contributed by atoms with Crippen molar-refractivity contribution in [3.63, 3.8) is 0 Å². The third-order valence-electron chi connectivity index (χ3n) is 4.42. The number of carboxylic acid groups (broad SMARTS) is 1. The Morgan fingerprint density at radius 3 is 2.72 bits per heavy atom. The Morgan fingerprint density at radius 2 is 2.10 bits per heavy atom. The maximum Gasteiger partial charge on any atom is 0.407 e. The van der Waals surface area contributed by atoms with Crippen LogP contribution in [-0.2, 0) is 0 Å². The summed E-state index contributed by atoms with van der Waals surface area (Å²) in [5.41, 5.74) is 0.746. The molecule has 3 heterocycles. The number of methoxy groups -OCH3 is 1. The van der Waals surface area contributed by atoms with Crippen LogP contribution in [0.3, 0.4) is 0 Å². The van der Waals surface area contributed by atoms with Crippen LogP contribution < -0.4 is 14.8 Å². The summed E-state index contributed by atoms with van der Waals surface area (Å²) in [5.74, 6) is 2.14. The van der Waals surface area contributed by atoms with Gasteiger partial charge >= 0.3 is 6.09 Å². The predicted molar refractivity (Wildman–Crippen MR) is 109 cm³/mol. The summed E-state index contributed by atoms with van der Waals surface area (Å²) in [6.07, 6.45) is 3.58. The molecule has 9 nitrogen and oxygen atoms in total. The first-order chi connectivity index (χ1) is 14.1. The minimum absolute atomic E-state index is 0.0840. The van der Waals surface area contributed by atoms with Crippen molar-refractivity contribution in [2.24, 2.45) is 0 Å². The van der Waals surface area contributed by atoms with Crippen molar-refractivity contribution in [2.75, 3.05) is 37.9 Å². The van der Waals surface area contributed by atoms with E-state index in [1.165, 1.54) is 16.7 Å². The highest BCUT2D eigenvalue weighted by atomic mass is 32.2. The molecule has 156 valence electrons. The standard InChI is InChI=1S/C19H24N4O5S/c1-27-17-15(28-14-5-8-23(9-6-14)19(25)26)4-7-20-18(17)22-13-2-3-16(21-12-13)29-11-10-24/h2-4,7,12,14,24H,5-6,8-11H2,1H3,(H,20,22)(H,25,26). The van der Waals surface area contributed by atoms with E-state index in [4.69, 9.17) is 19.7 Å². The van der Waals surface area contributed by atoms with Crippen LogP contribution in [0.15, 0.2) is 35.6 Å². The smallest absolute Gasteiger partial charge is 0.407 e. The van der Waals surface area contributed by atoms with Crippen molar-refractivity contribution < 1.29 is 24.5 Å². The van der Waals surface area contributed by atoms with Crippen LogP contribution in [0.25, 0.3) is 0 Å². The van der Waals surface area contributed by atoms with Gasteiger partial charge in [-0.1, -0.05) is 0 Å². The molecule has 0 radical (unpaired) electrons. The number of nitrogens with one attached hydrogen (secondary N) is 1. The average molecular weight is 420 g/mol. The van der Waals surface area contributed by atoms with Crippen LogP contribution in [0.5, 0.6) is 11.5 Å². The largest absolute Gasteiger partial charge is 0.490 e. The lowest BCUT2D eigenvalue weighted by molar-refractivity contribution is 0.0878. The van der Waals surface area contributed by atoms with Gasteiger partial charge in [0.15, 0.2) is 11.6 Å². The van der Waals surface area contributed by atoms with Crippen molar-refractivity contribution in [1.82, 2.24) is 14.9 Å². The number of rotatable bonds is 8. The van der Waals surface area contributed by atoms with Gasteiger partial charge in [-0.3, -0.25) is 0 Å². The van der Waals surface area contributed by atoms with Gasteiger partial charge in [0.2, 0.25) is 5.75 Å². The third-order valence-corrected chi connectivity index (χ3v) is 5.34. The molecule has 1 amide bonds. The zero-order valence-corrected chi connectivity index (χ0v) is 16.9. The van der Waals surface area contributed by atoms with E-state index in [2.05, 4.69) is 15.3 Å². The second kappa shape index (κ2) is 10.2. The topological polar surface area (TPSA) is 117 Å². The Morgan fingerprint density at radius 1 is 1.31 bits per heavy atom. The number of aliphatic hydroxyl groups is 1. The molecule has 0 bridgehead atoms. The normalized spacial score (nSPS) is 14.5. The molecule has 0 atom stereocenters. The van der Waals surface area contributed by atoms with Crippen molar-refractivity contribution in [2.45, 2.75) is 24.0 Å². The highest BCUT2D eigenvalue weighted by Gasteiger charge is 2.25. The number of nitrogens with zero attached hydrogens (tertiary/aromatic N) is 3. The maximum atomic E-state index is 11.0. The van der Waals surface area contributed by atoms with E-state index in [-0.39, 0.29) is 12.7 Å². The van der Waals surface area contributed by atoms with Crippen LogP contribution in [0.2, 0.25) is 0 Å². The monoisotopic (exact) mass is 420 g/mol. The first-order valence-corrected chi connectivity index (χ1v) is 10.2. The first kappa shape index (κ1) is 21.0. The number of hydrogen-bond donors (Lipinski definition) is 3. The number of piperidine rings is 1. The third kappa shape index (κ3) is 5.64. The highest BCUT2D eigenvalue weighted by Crippen LogP contribution is 2.36. The molecule has 1 fully saturated rings. The van der Waals surface area contributed by atoms with Gasteiger partial charge in [-0.05, 0) is 12.1 Å². The second-order valence-corrected chi connectivity index (χ2v) is 7.48. The summed E-state index contributed by atoms with van der Waals surface area (Å²) in [7, 11) is 1.55. The van der Waals surface area contributed by atoms with E-state index in [0.29, 0.717) is 49.0 Å². The Labute approximate surface area is 173 Å². The van der Waals surface area contributed by atoms with E-state index < -0.39 is 6.09 Å². The van der Waals surface area contributed by atoms with Crippen molar-refractivity contribution >= 4 is 29.4 Å². The number of hydrogen-bond acceptors (Lipinski definition) is 8. The second-order valence-electron chi connectivity index (χ2n) is 6.36. The molecule has 3 N–H and O–H groups in total. The van der Waals surface area contributed by atoms with Crippen LogP contribution in [0, 0.1) is 0 Å². The molecule has 0 saturated carbocycles. The number of thioether (sulfide) groups is 1. The van der Waals surface area contributed by atoms with Gasteiger partial charge in [0.05, 0.1) is 30.6 Å². The van der Waals surface area contributed by atoms with E-state index in [1.807, 2.05) is 12.1 Å². The van der Waals surface area contributed by atoms with Gasteiger partial charge in [-0.2, -0.15) is 0 Å². The number of amides is 1. The SMILES string of the molecule is COc1c(OC2CCN(C(=O)O)CC2)ccnc1Nc1ccc(SCCO)nc1. The van der Waals surface area contributed by atoms with E-state index in [9.17, 15) is 4.79 Å². The van der Waals surface area contributed by atoms with Gasteiger partial charge < -0.3 is 29.9 Å². The summed E-state index contributed by atoms with van der Waals surface area (Å²) < 4.78 is 11.6. The molecule has 1 aliphatic heterocycles. The molecule has 2 aromatic rings. The molecular formula is C19H24N4O5S. The fourth-order valence-corrected chi connectivity index (χ4v) is 3.57. The fourth-order valence-electron chi connectivity index (χ4n) is 2.98. The zero-order chi connectivity index (χ0) is 20.6. The van der Waals surface area contributed by atoms with Gasteiger partial charge in [0, 0.05) is 43.9 Å². The number of ether oxygens (including phenoxy) is 2. The number of pyridine rings is 2. The average Bonchev–Trinajstić information content (AvgIpc) is 2.74. The minimum Gasteiger partial charge on any atom is -0.490 e. The number of aromatic nitrogens is 2. The van der Waals surface area contributed by atoms with Crippen LogP contribution >= 0.6 is 11.8 Å². The van der Waals surface area contributed by atoms with Crippen molar-refractivity contribution in [3.05, 3.63) is 30.6 Å². The summed E-state index contributed by atoms with van der Waals surface area (Å²) in [4.78, 5) is 21.1. The highest BCUT2D eigenvalue weighted by molar-refractivity contribution is 7.99. The summed E-state index contributed by atoms with van der Waals surface area (Å²) in [6, 6.07) is 5.48. The Bertz CT molecular complexity index is 813. The Hall–Kier alpha value is -2.72. The molecule has 10 heteroatoms. The van der Waals surface area contributed by atoms with Crippen molar-refractivity contribution in [1.29, 1.82) is 0 Å². The zero-order valence-electron chi connectivity index (χ0n) is 16.1. The van der Waals surface area contributed by atoms with Crippen LogP contribution in [0.1, 0.15) is 12.8 Å². The lowest BCUT2D eigenvalue weighted by Crippen LogP contribution is -2.41. The van der Waals surface area contributed by atoms with E-state index >= 15 is 0 Å². The molecule has 3 rings (SSSR count). The summed E-state index contributed by atoms with van der Waals surface area (Å²) >= 11 is 1.48. The Balaban J connectivity index is 1.67. The van der Waals surface area contributed by atoms with Gasteiger partial charge in [-0.25, -0.2) is 14.8 Å².